The van der Waals surface area contributed by atoms with Gasteiger partial charge in [0.25, 0.3) is 0 Å². The maximum absolute atomic E-state index is 13.0. The molecule has 4 nitrogen and oxygen atoms in total. The standard InChI is InChI=1S/C45H35NO3S/c1-44(2,3)26-14-16-27(17-15-26)46(28-18-20-32-31-10-8-9-13-37(31)45(4,5)38(32)22-28)29-19-21-35-39(23-29)49-40-25-30(50-43(35)40)24-36-41(47)33-11-6-7-12-34(33)42(36)48/h6-25H,1-5H3. The van der Waals surface area contributed by atoms with Gasteiger partial charge in [0.05, 0.1) is 10.3 Å². The minimum Gasteiger partial charge on any atom is -0.455 e. The first-order valence-corrected chi connectivity index (χ1v) is 17.8. The molecule has 2 heterocycles. The highest BCUT2D eigenvalue weighted by atomic mass is 32.1. The molecule has 0 spiro atoms. The summed E-state index contributed by atoms with van der Waals surface area (Å²) in [5, 5.41) is 0.999. The Bertz CT molecular complexity index is 2550. The predicted molar refractivity (Wildman–Crippen MR) is 206 cm³/mol. The van der Waals surface area contributed by atoms with Crippen molar-refractivity contribution in [2.24, 2.45) is 0 Å². The molecule has 5 heteroatoms. The van der Waals surface area contributed by atoms with Crippen LogP contribution in [0.2, 0.25) is 0 Å². The molecular formula is C45H35NO3S. The lowest BCUT2D eigenvalue weighted by molar-refractivity contribution is 0.0990. The van der Waals surface area contributed by atoms with Crippen LogP contribution in [0, 0.1) is 0 Å². The Kier molecular flexibility index (Phi) is 6.56. The Balaban J connectivity index is 1.13. The van der Waals surface area contributed by atoms with Crippen LogP contribution in [0.4, 0.5) is 17.1 Å². The lowest BCUT2D eigenvalue weighted by atomic mass is 9.82. The second-order valence-electron chi connectivity index (χ2n) is 14.9. The fraction of sp³-hybridized carbons (Fsp3) is 0.156. The minimum absolute atomic E-state index is 0.0443. The van der Waals surface area contributed by atoms with E-state index in [0.717, 1.165) is 43.2 Å². The van der Waals surface area contributed by atoms with E-state index in [0.29, 0.717) is 11.1 Å². The average Bonchev–Trinajstić information content (AvgIpc) is 3.79. The molecule has 0 aliphatic heterocycles. The number of Topliss-reactive ketones (excluding diaryl/α,β-unsaturated/α-hetero) is 2. The fourth-order valence-corrected chi connectivity index (χ4v) is 8.76. The number of rotatable bonds is 4. The highest BCUT2D eigenvalue weighted by molar-refractivity contribution is 7.20. The number of nitrogens with zero attached hydrogens (tertiary/aromatic N) is 1. The number of hydrogen-bond acceptors (Lipinski definition) is 5. The van der Waals surface area contributed by atoms with E-state index in [1.54, 1.807) is 30.3 Å². The molecule has 0 N–H and O–H groups in total. The van der Waals surface area contributed by atoms with Gasteiger partial charge in [0.2, 0.25) is 0 Å². The van der Waals surface area contributed by atoms with Gasteiger partial charge in [-0.25, -0.2) is 0 Å². The van der Waals surface area contributed by atoms with Crippen LogP contribution in [-0.4, -0.2) is 11.6 Å². The van der Waals surface area contributed by atoms with Gasteiger partial charge in [-0.1, -0.05) is 101 Å². The van der Waals surface area contributed by atoms with Gasteiger partial charge in [-0.2, -0.15) is 0 Å². The number of hydrogen-bond donors (Lipinski definition) is 0. The van der Waals surface area contributed by atoms with E-state index in [9.17, 15) is 9.59 Å². The Hall–Kier alpha value is -5.52. The highest BCUT2D eigenvalue weighted by Crippen LogP contribution is 2.51. The molecule has 0 atom stereocenters. The first-order chi connectivity index (χ1) is 24.0. The van der Waals surface area contributed by atoms with E-state index in [4.69, 9.17) is 4.42 Å². The third-order valence-corrected chi connectivity index (χ3v) is 11.5. The van der Waals surface area contributed by atoms with Crippen LogP contribution in [-0.2, 0) is 10.8 Å². The van der Waals surface area contributed by atoms with Crippen LogP contribution in [0.5, 0.6) is 0 Å². The van der Waals surface area contributed by atoms with Crippen LogP contribution >= 0.6 is 11.3 Å². The number of ketones is 2. The average molecular weight is 670 g/mol. The first-order valence-electron chi connectivity index (χ1n) is 17.0. The quantitative estimate of drug-likeness (QED) is 0.138. The zero-order valence-electron chi connectivity index (χ0n) is 28.6. The number of benzene rings is 5. The summed E-state index contributed by atoms with van der Waals surface area (Å²) in [7, 11) is 0. The number of furan rings is 1. The molecule has 7 aromatic rings. The van der Waals surface area contributed by atoms with E-state index in [-0.39, 0.29) is 28.0 Å². The highest BCUT2D eigenvalue weighted by Gasteiger charge is 2.36. The van der Waals surface area contributed by atoms with Gasteiger partial charge in [0.15, 0.2) is 11.6 Å². The van der Waals surface area contributed by atoms with Crippen molar-refractivity contribution < 1.29 is 14.0 Å². The molecule has 9 rings (SSSR count). The second-order valence-corrected chi connectivity index (χ2v) is 16.0. The van der Waals surface area contributed by atoms with Gasteiger partial charge < -0.3 is 9.32 Å². The molecular weight excluding hydrogens is 635 g/mol. The molecule has 2 aromatic heterocycles. The van der Waals surface area contributed by atoms with Crippen LogP contribution in [0.25, 0.3) is 38.5 Å². The summed E-state index contributed by atoms with van der Waals surface area (Å²) in [4.78, 5) is 29.2. The van der Waals surface area contributed by atoms with Gasteiger partial charge in [-0.3, -0.25) is 9.59 Å². The molecule has 0 saturated carbocycles. The third kappa shape index (κ3) is 4.57. The zero-order chi connectivity index (χ0) is 34.5. The molecule has 50 heavy (non-hydrogen) atoms. The van der Waals surface area contributed by atoms with Crippen molar-refractivity contribution >= 4 is 67.3 Å². The van der Waals surface area contributed by atoms with Crippen molar-refractivity contribution in [1.29, 1.82) is 0 Å². The summed E-state index contributed by atoms with van der Waals surface area (Å²) in [6.45, 7) is 11.3. The molecule has 5 aromatic carbocycles. The third-order valence-electron chi connectivity index (χ3n) is 10.4. The Labute approximate surface area is 295 Å². The fourth-order valence-electron chi connectivity index (χ4n) is 7.70. The number of thiophene rings is 1. The lowest BCUT2D eigenvalue weighted by Crippen LogP contribution is -2.17. The molecule has 0 bridgehead atoms. The van der Waals surface area contributed by atoms with Crippen molar-refractivity contribution in [1.82, 2.24) is 0 Å². The van der Waals surface area contributed by atoms with Crippen molar-refractivity contribution in [3.8, 4) is 11.1 Å². The summed E-state index contributed by atoms with van der Waals surface area (Å²) in [5.41, 5.74) is 12.3. The van der Waals surface area contributed by atoms with Crippen molar-refractivity contribution in [2.75, 3.05) is 4.90 Å². The maximum atomic E-state index is 13.0. The smallest absolute Gasteiger partial charge is 0.197 e. The topological polar surface area (TPSA) is 50.5 Å². The van der Waals surface area contributed by atoms with E-state index in [2.05, 4.69) is 124 Å². The van der Waals surface area contributed by atoms with Crippen molar-refractivity contribution in [3.05, 3.63) is 154 Å². The predicted octanol–water partition coefficient (Wildman–Crippen LogP) is 12.2. The summed E-state index contributed by atoms with van der Waals surface area (Å²) >= 11 is 1.53. The summed E-state index contributed by atoms with van der Waals surface area (Å²) in [6, 6.07) is 39.8. The minimum atomic E-state index is -0.223. The number of carbonyl (C=O) groups is 2. The van der Waals surface area contributed by atoms with Crippen LogP contribution < -0.4 is 4.90 Å². The Morgan fingerprint density at radius 1 is 0.640 bits per heavy atom. The molecule has 2 aliphatic rings. The lowest BCUT2D eigenvalue weighted by Gasteiger charge is -2.29. The van der Waals surface area contributed by atoms with Crippen LogP contribution in [0.3, 0.4) is 0 Å². The summed E-state index contributed by atoms with van der Waals surface area (Å²) in [5.74, 6) is -0.445. The molecule has 0 saturated heterocycles. The Morgan fingerprint density at radius 2 is 1.24 bits per heavy atom. The molecule has 0 fully saturated rings. The van der Waals surface area contributed by atoms with Crippen LogP contribution in [0.1, 0.15) is 76.9 Å². The first kappa shape index (κ1) is 30.5. The van der Waals surface area contributed by atoms with E-state index >= 15 is 0 Å². The molecule has 0 unspecified atom stereocenters. The molecule has 0 radical (unpaired) electrons. The van der Waals surface area contributed by atoms with Gasteiger partial charge in [-0.05, 0) is 81.8 Å². The Morgan fingerprint density at radius 3 is 1.94 bits per heavy atom. The number of anilines is 3. The van der Waals surface area contributed by atoms with Crippen molar-refractivity contribution in [3.63, 3.8) is 0 Å². The van der Waals surface area contributed by atoms with Gasteiger partial charge in [-0.15, -0.1) is 11.3 Å². The largest absolute Gasteiger partial charge is 0.455 e. The molecule has 244 valence electrons. The van der Waals surface area contributed by atoms with E-state index in [1.807, 2.05) is 6.07 Å². The SMILES string of the molecule is CC(C)(C)c1ccc(N(c2ccc3c(c2)C(C)(C)c2ccccc2-3)c2ccc3c(c2)oc2cc(C=C4C(=O)c5ccccc5C4=O)sc23)cc1. The number of carbonyl (C=O) groups excluding carboxylic acids is 2. The van der Waals surface area contributed by atoms with E-state index in [1.165, 1.54) is 39.2 Å². The normalized spacial score (nSPS) is 14.7. The molecule has 2 aliphatic carbocycles. The van der Waals surface area contributed by atoms with E-state index < -0.39 is 0 Å². The van der Waals surface area contributed by atoms with Crippen LogP contribution in [0.15, 0.2) is 125 Å². The zero-order valence-corrected chi connectivity index (χ0v) is 29.4. The van der Waals surface area contributed by atoms with Gasteiger partial charge >= 0.3 is 0 Å². The summed E-state index contributed by atoms with van der Waals surface area (Å²) < 4.78 is 7.47. The second kappa shape index (κ2) is 10.7. The number of allylic oxidation sites excluding steroid dienone is 1. The van der Waals surface area contributed by atoms with Crippen molar-refractivity contribution in [2.45, 2.75) is 45.4 Å². The molecule has 0 amide bonds. The van der Waals surface area contributed by atoms with Gasteiger partial charge in [0, 0.05) is 49.9 Å². The monoisotopic (exact) mass is 669 g/mol. The van der Waals surface area contributed by atoms with Gasteiger partial charge in [0.1, 0.15) is 11.2 Å². The number of fused-ring (bicyclic) bond motifs is 7. The maximum Gasteiger partial charge on any atom is 0.197 e. The summed E-state index contributed by atoms with van der Waals surface area (Å²) in [6.07, 6.45) is 1.71.